The van der Waals surface area contributed by atoms with Crippen molar-refractivity contribution in [2.75, 3.05) is 17.6 Å². The normalized spacial score (nSPS) is 17.1. The lowest BCUT2D eigenvalue weighted by Crippen LogP contribution is -2.44. The lowest BCUT2D eigenvalue weighted by molar-refractivity contribution is -0.132. The van der Waals surface area contributed by atoms with Crippen molar-refractivity contribution in [3.05, 3.63) is 24.3 Å². The van der Waals surface area contributed by atoms with Crippen molar-refractivity contribution in [3.63, 3.8) is 0 Å². The zero-order valence-electron chi connectivity index (χ0n) is 15.4. The van der Waals surface area contributed by atoms with Crippen molar-refractivity contribution >= 4 is 51.6 Å². The van der Waals surface area contributed by atoms with Gasteiger partial charge in [0.25, 0.3) is 5.76 Å². The summed E-state index contributed by atoms with van der Waals surface area (Å²) in [6.07, 6.45) is 4.36. The molecule has 152 valence electrons. The van der Waals surface area contributed by atoms with Gasteiger partial charge < -0.3 is 10.2 Å². The van der Waals surface area contributed by atoms with Crippen LogP contribution in [0.4, 0.5) is 19.6 Å². The Kier molecular flexibility index (Phi) is 7.92. The predicted molar refractivity (Wildman–Crippen MR) is 112 cm³/mol. The summed E-state index contributed by atoms with van der Waals surface area (Å²) in [4.78, 5) is 15.1. The van der Waals surface area contributed by atoms with Crippen molar-refractivity contribution in [2.24, 2.45) is 0 Å². The zero-order valence-corrected chi connectivity index (χ0v) is 17.9. The van der Waals surface area contributed by atoms with Gasteiger partial charge >= 0.3 is 0 Å². The number of benzene rings is 1. The molecule has 3 rings (SSSR count). The maximum absolute atomic E-state index is 12.5. The maximum atomic E-state index is 12.5. The SMILES string of the molecule is CCC1CCCCN1C(=O)CSc1nnc(Nc2ccc(SC(F)F)cc2)s1. The van der Waals surface area contributed by atoms with E-state index in [-0.39, 0.29) is 5.91 Å². The van der Waals surface area contributed by atoms with Gasteiger partial charge in [-0.25, -0.2) is 0 Å². The second kappa shape index (κ2) is 10.4. The highest BCUT2D eigenvalue weighted by Crippen LogP contribution is 2.30. The summed E-state index contributed by atoms with van der Waals surface area (Å²) >= 11 is 3.29. The maximum Gasteiger partial charge on any atom is 0.288 e. The summed E-state index contributed by atoms with van der Waals surface area (Å²) in [7, 11) is 0. The van der Waals surface area contributed by atoms with Crippen LogP contribution in [0.1, 0.15) is 32.6 Å². The van der Waals surface area contributed by atoms with Crippen LogP contribution in [0.15, 0.2) is 33.5 Å². The Morgan fingerprint density at radius 3 is 2.82 bits per heavy atom. The molecule has 10 heteroatoms. The quantitative estimate of drug-likeness (QED) is 0.544. The molecule has 28 heavy (non-hydrogen) atoms. The first-order chi connectivity index (χ1) is 13.5. The first kappa shape index (κ1) is 21.3. The number of anilines is 2. The number of aromatic nitrogens is 2. The predicted octanol–water partition coefficient (Wildman–Crippen LogP) is 5.48. The minimum Gasteiger partial charge on any atom is -0.339 e. The summed E-state index contributed by atoms with van der Waals surface area (Å²) in [5, 5.41) is 11.9. The average molecular weight is 445 g/mol. The van der Waals surface area contributed by atoms with Crippen LogP contribution >= 0.6 is 34.9 Å². The number of carbonyl (C=O) groups is 1. The molecule has 1 aliphatic rings. The molecule has 1 aromatic carbocycles. The highest BCUT2D eigenvalue weighted by molar-refractivity contribution is 8.01. The van der Waals surface area contributed by atoms with E-state index in [9.17, 15) is 13.6 Å². The van der Waals surface area contributed by atoms with Gasteiger partial charge in [0.15, 0.2) is 4.34 Å². The molecule has 2 heterocycles. The topological polar surface area (TPSA) is 58.1 Å². The molecule has 1 saturated heterocycles. The number of amides is 1. The number of piperidine rings is 1. The van der Waals surface area contributed by atoms with E-state index in [0.717, 1.165) is 35.8 Å². The van der Waals surface area contributed by atoms with Crippen LogP contribution in [0.5, 0.6) is 0 Å². The Morgan fingerprint density at radius 2 is 2.11 bits per heavy atom. The van der Waals surface area contributed by atoms with E-state index in [0.29, 0.717) is 33.6 Å². The molecular weight excluding hydrogens is 422 g/mol. The Hall–Kier alpha value is -1.39. The molecule has 0 aliphatic carbocycles. The lowest BCUT2D eigenvalue weighted by Gasteiger charge is -2.35. The van der Waals surface area contributed by atoms with E-state index in [4.69, 9.17) is 0 Å². The molecule has 5 nitrogen and oxygen atoms in total. The van der Waals surface area contributed by atoms with Gasteiger partial charge in [0.2, 0.25) is 11.0 Å². The monoisotopic (exact) mass is 444 g/mol. The van der Waals surface area contributed by atoms with Crippen LogP contribution in [0.2, 0.25) is 0 Å². The number of alkyl halides is 2. The molecule has 0 spiro atoms. The van der Waals surface area contributed by atoms with Gasteiger partial charge in [-0.1, -0.05) is 41.8 Å². The van der Waals surface area contributed by atoms with E-state index in [1.165, 1.54) is 29.5 Å². The van der Waals surface area contributed by atoms with Crippen LogP contribution in [-0.2, 0) is 4.79 Å². The molecule has 1 aliphatic heterocycles. The van der Waals surface area contributed by atoms with Crippen molar-refractivity contribution in [1.82, 2.24) is 15.1 Å². The zero-order chi connectivity index (χ0) is 19.9. The molecule has 0 bridgehead atoms. The van der Waals surface area contributed by atoms with Gasteiger partial charge in [0.1, 0.15) is 0 Å². The first-order valence-corrected chi connectivity index (χ1v) is 11.8. The third kappa shape index (κ3) is 6.05. The number of halogens is 2. The molecule has 1 atom stereocenters. The molecule has 0 radical (unpaired) electrons. The summed E-state index contributed by atoms with van der Waals surface area (Å²) in [6, 6.07) is 7.09. The highest BCUT2D eigenvalue weighted by atomic mass is 32.2. The number of hydrogen-bond acceptors (Lipinski definition) is 7. The molecule has 1 N–H and O–H groups in total. The van der Waals surface area contributed by atoms with Crippen molar-refractivity contribution < 1.29 is 13.6 Å². The minimum atomic E-state index is -2.43. The van der Waals surface area contributed by atoms with E-state index in [2.05, 4.69) is 22.4 Å². The molecule has 1 aromatic heterocycles. The van der Waals surface area contributed by atoms with Crippen molar-refractivity contribution in [3.8, 4) is 0 Å². The number of carbonyl (C=O) groups excluding carboxylic acids is 1. The second-order valence-corrected chi connectivity index (χ2v) is 9.60. The summed E-state index contributed by atoms with van der Waals surface area (Å²) < 4.78 is 25.5. The van der Waals surface area contributed by atoms with Crippen molar-refractivity contribution in [2.45, 2.75) is 53.6 Å². The number of hydrogen-bond donors (Lipinski definition) is 1. The fourth-order valence-electron chi connectivity index (χ4n) is 3.12. The lowest BCUT2D eigenvalue weighted by atomic mass is 10.0. The minimum absolute atomic E-state index is 0.161. The average Bonchev–Trinajstić information content (AvgIpc) is 3.14. The Balaban J connectivity index is 1.50. The summed E-state index contributed by atoms with van der Waals surface area (Å²) in [5.74, 6) is -1.90. The second-order valence-electron chi connectivity index (χ2n) is 6.33. The Bertz CT molecular complexity index is 772. The number of nitrogens with one attached hydrogen (secondary N) is 1. The third-order valence-corrected chi connectivity index (χ3v) is 7.15. The third-order valence-electron chi connectivity index (χ3n) is 4.48. The number of likely N-dealkylation sites (tertiary alicyclic amines) is 1. The molecule has 1 fully saturated rings. The summed E-state index contributed by atoms with van der Waals surface area (Å²) in [6.45, 7) is 2.98. The van der Waals surface area contributed by atoms with E-state index >= 15 is 0 Å². The Labute approximate surface area is 175 Å². The largest absolute Gasteiger partial charge is 0.339 e. The molecular formula is C18H22F2N4OS3. The van der Waals surface area contributed by atoms with Crippen LogP contribution in [0, 0.1) is 0 Å². The van der Waals surface area contributed by atoms with Gasteiger partial charge in [-0.15, -0.1) is 10.2 Å². The van der Waals surface area contributed by atoms with Gasteiger partial charge in [-0.05, 0) is 49.9 Å². The van der Waals surface area contributed by atoms with Crippen LogP contribution in [0.25, 0.3) is 0 Å². The number of rotatable bonds is 8. The molecule has 2 aromatic rings. The van der Waals surface area contributed by atoms with Gasteiger partial charge in [0.05, 0.1) is 5.75 Å². The van der Waals surface area contributed by atoms with Gasteiger partial charge in [-0.2, -0.15) is 8.78 Å². The standard InChI is InChI=1S/C18H22F2N4OS3/c1-2-13-5-3-4-10-24(13)15(25)11-26-18-23-22-17(28-18)21-12-6-8-14(9-7-12)27-16(19)20/h6-9,13,16H,2-5,10-11H2,1H3,(H,21,22). The molecule has 1 amide bonds. The molecule has 1 unspecified atom stereocenters. The van der Waals surface area contributed by atoms with Gasteiger partial charge in [0, 0.05) is 23.2 Å². The van der Waals surface area contributed by atoms with Crippen LogP contribution < -0.4 is 5.32 Å². The van der Waals surface area contributed by atoms with E-state index < -0.39 is 5.76 Å². The van der Waals surface area contributed by atoms with Gasteiger partial charge in [-0.3, -0.25) is 4.79 Å². The van der Waals surface area contributed by atoms with E-state index in [1.54, 1.807) is 24.3 Å². The van der Waals surface area contributed by atoms with Crippen LogP contribution in [-0.4, -0.2) is 45.1 Å². The summed E-state index contributed by atoms with van der Waals surface area (Å²) in [5.41, 5.74) is 0.751. The first-order valence-electron chi connectivity index (χ1n) is 9.13. The number of nitrogens with zero attached hydrogens (tertiary/aromatic N) is 3. The fourth-order valence-corrected chi connectivity index (χ4v) is 5.28. The molecule has 0 saturated carbocycles. The highest BCUT2D eigenvalue weighted by Gasteiger charge is 2.25. The van der Waals surface area contributed by atoms with E-state index in [1.807, 2.05) is 4.90 Å². The van der Waals surface area contributed by atoms with Crippen molar-refractivity contribution in [1.29, 1.82) is 0 Å². The van der Waals surface area contributed by atoms with Crippen LogP contribution in [0.3, 0.4) is 0 Å². The number of thioether (sulfide) groups is 2. The fraction of sp³-hybridized carbons (Fsp3) is 0.500. The Morgan fingerprint density at radius 1 is 1.32 bits per heavy atom. The smallest absolute Gasteiger partial charge is 0.288 e.